The molecule has 0 spiro atoms. The first-order chi connectivity index (χ1) is 32.4. The van der Waals surface area contributed by atoms with E-state index in [9.17, 15) is 14.2 Å². The Morgan fingerprint density at radius 1 is 0.630 bits per heavy atom. The molecule has 412 valence electrons. The third-order valence-corrected chi connectivity index (χ3v) is 6.40. The Morgan fingerprint density at radius 2 is 0.890 bits per heavy atom. The van der Waals surface area contributed by atoms with Crippen LogP contribution in [0.15, 0.2) is 9.59 Å². The maximum absolute atomic E-state index is 10.9. The summed E-state index contributed by atoms with van der Waals surface area (Å²) in [5.41, 5.74) is 32.2. The lowest BCUT2D eigenvalue weighted by molar-refractivity contribution is 0.444. The number of nitriles is 1. The second-order valence-corrected chi connectivity index (χ2v) is 22.1. The molecule has 1 unspecified atom stereocenters. The second-order valence-electron chi connectivity index (χ2n) is 14.7. The fourth-order valence-electron chi connectivity index (χ4n) is 2.56. The van der Waals surface area contributed by atoms with Gasteiger partial charge in [-0.2, -0.15) is 5.26 Å². The lowest BCUT2D eigenvalue weighted by Crippen LogP contribution is -2.15. The minimum absolute atomic E-state index is 0. The van der Waals surface area contributed by atoms with Crippen molar-refractivity contribution in [1.29, 1.82) is 21.5 Å². The predicted molar refractivity (Wildman–Crippen MR) is 305 cm³/mol. The van der Waals surface area contributed by atoms with E-state index in [-0.39, 0.29) is 53.5 Å². The van der Waals surface area contributed by atoms with Crippen LogP contribution in [0.25, 0.3) is 9.69 Å². The van der Waals surface area contributed by atoms with Gasteiger partial charge in [0.1, 0.15) is 51.1 Å². The molecular formula is C43H76Cl5N20O4P. The Labute approximate surface area is 454 Å². The molecule has 4 aromatic rings. The molecule has 4 heterocycles. The van der Waals surface area contributed by atoms with Crippen LogP contribution in [0.2, 0.25) is 10.3 Å². The number of nitrogens with zero attached hydrogens (tertiary/aromatic N) is 9. The largest absolute Gasteiger partial charge is 0.493 e. The summed E-state index contributed by atoms with van der Waals surface area (Å²) in [5.74, 6) is 4.56. The van der Waals surface area contributed by atoms with E-state index in [1.807, 2.05) is 13.8 Å². The molecule has 0 fully saturated rings. The van der Waals surface area contributed by atoms with E-state index in [1.54, 1.807) is 61.5 Å². The van der Waals surface area contributed by atoms with Gasteiger partial charge in [-0.25, -0.2) is 43.0 Å². The Balaban J connectivity index is -0.000000108. The molecule has 4 aromatic heterocycles. The molecule has 0 saturated heterocycles. The second kappa shape index (κ2) is 46.7. The molecule has 1 atom stereocenters. The zero-order valence-electron chi connectivity index (χ0n) is 43.7. The Bertz CT molecular complexity index is 2320. The van der Waals surface area contributed by atoms with Crippen molar-refractivity contribution in [3.63, 3.8) is 0 Å². The molecule has 24 nitrogen and oxygen atoms in total. The topological polar surface area (TPSA) is 441 Å². The number of nitrogen functional groups attached to an aromatic ring is 3. The molecule has 0 saturated carbocycles. The SMILES string of the molecule is C.CC(=N)N.CC(=N)N.CC(=N)N.CC(C)C.Cc1nc(Cl)c(C)c(Cl)n1.Cc1nc(N)c(C)c(=O)[nH]1.Cc1nc(N)c(C)c(N)n1.Cc1nc(O)c(C)c(=O)[nH]1.O=P(Cl)(Cl)Cl.[C-]#[N+]C(C)C.[C-]#[N+]C(C)C#N. The fourth-order valence-corrected chi connectivity index (χ4v) is 3.03. The maximum atomic E-state index is 10.9. The zero-order valence-corrected chi connectivity index (χ0v) is 48.4. The molecule has 18 N–H and O–H groups in total. The molecule has 0 aliphatic heterocycles. The average Bonchev–Trinajstić information content (AvgIpc) is 3.19. The van der Waals surface area contributed by atoms with Gasteiger partial charge in [0, 0.05) is 31.9 Å². The van der Waals surface area contributed by atoms with E-state index in [0.29, 0.717) is 56.6 Å². The highest BCUT2D eigenvalue weighted by Crippen LogP contribution is 2.61. The number of H-pyrrole nitrogens is 2. The summed E-state index contributed by atoms with van der Waals surface area (Å²) < 4.78 is 9.51. The third kappa shape index (κ3) is 65.7. The van der Waals surface area contributed by atoms with Crippen LogP contribution in [-0.2, 0) is 4.57 Å². The number of halogens is 5. The zero-order chi connectivity index (χ0) is 59.0. The minimum atomic E-state index is -3.22. The Morgan fingerprint density at radius 3 is 1.12 bits per heavy atom. The fraction of sp³-hybridized carbons (Fsp3) is 0.488. The Kier molecular flexibility index (Phi) is 53.5. The smallest absolute Gasteiger partial charge is 0.339 e. The molecule has 0 aromatic carbocycles. The number of hydrogen-bond donors (Lipinski definition) is 12. The van der Waals surface area contributed by atoms with Crippen molar-refractivity contribution in [2.45, 2.75) is 137 Å². The van der Waals surface area contributed by atoms with Gasteiger partial charge >= 0.3 is 11.2 Å². The average molecular weight is 1150 g/mol. The van der Waals surface area contributed by atoms with Gasteiger partial charge in [-0.15, -0.1) is 0 Å². The van der Waals surface area contributed by atoms with Gasteiger partial charge in [0.05, 0.1) is 28.6 Å². The molecule has 0 bridgehead atoms. The van der Waals surface area contributed by atoms with E-state index in [2.05, 4.69) is 104 Å². The number of rotatable bonds is 0. The normalized spacial score (nSPS) is 9.16. The summed E-state index contributed by atoms with van der Waals surface area (Å²) in [6.07, 6.45) is 0. The van der Waals surface area contributed by atoms with Crippen LogP contribution in [0, 0.1) is 102 Å². The van der Waals surface area contributed by atoms with Crippen LogP contribution < -0.4 is 45.5 Å². The van der Waals surface area contributed by atoms with E-state index in [4.69, 9.17) is 97.3 Å². The van der Waals surface area contributed by atoms with E-state index in [1.165, 1.54) is 27.7 Å². The summed E-state index contributed by atoms with van der Waals surface area (Å²) >= 11 is 25.2. The first-order valence-corrected chi connectivity index (χ1v) is 25.5. The van der Waals surface area contributed by atoms with Gasteiger partial charge in [-0.05, 0) is 116 Å². The predicted octanol–water partition coefficient (Wildman–Crippen LogP) is 9.79. The number of amidine groups is 3. The van der Waals surface area contributed by atoms with E-state index >= 15 is 0 Å². The lowest BCUT2D eigenvalue weighted by atomic mass is 10.3. The van der Waals surface area contributed by atoms with Gasteiger partial charge in [0.25, 0.3) is 11.1 Å². The van der Waals surface area contributed by atoms with Crippen LogP contribution in [0.1, 0.15) is 115 Å². The van der Waals surface area contributed by atoms with Crippen LogP contribution in [0.4, 0.5) is 17.5 Å². The van der Waals surface area contributed by atoms with Crippen molar-refractivity contribution < 1.29 is 9.67 Å². The van der Waals surface area contributed by atoms with Crippen molar-refractivity contribution in [3.8, 4) is 11.9 Å². The molecule has 30 heteroatoms. The number of aromatic hydroxyl groups is 1. The number of aryl methyl sites for hydroxylation is 4. The van der Waals surface area contributed by atoms with Crippen molar-refractivity contribution in [1.82, 2.24) is 39.9 Å². The lowest BCUT2D eigenvalue weighted by Gasteiger charge is -2.01. The number of aromatic amines is 2. The Hall–Kier alpha value is -6.32. The van der Waals surface area contributed by atoms with Gasteiger partial charge in [0.15, 0.2) is 6.07 Å². The van der Waals surface area contributed by atoms with Crippen molar-refractivity contribution in [2.75, 3.05) is 17.2 Å². The molecule has 0 amide bonds. The van der Waals surface area contributed by atoms with Gasteiger partial charge in [-0.1, -0.05) is 51.4 Å². The number of nitrogens with two attached hydrogens (primary N) is 6. The molecule has 4 rings (SSSR count). The van der Waals surface area contributed by atoms with Crippen LogP contribution in [0.5, 0.6) is 5.88 Å². The highest BCUT2D eigenvalue weighted by molar-refractivity contribution is 8.24. The molecule has 0 aliphatic rings. The number of hydrogen-bond acceptors (Lipinski definition) is 17. The van der Waals surface area contributed by atoms with Crippen LogP contribution in [0.3, 0.4) is 0 Å². The van der Waals surface area contributed by atoms with Gasteiger partial charge in [0.2, 0.25) is 11.9 Å². The minimum Gasteiger partial charge on any atom is -0.493 e. The number of aromatic nitrogens is 8. The molecule has 0 radical (unpaired) electrons. The molecular weight excluding hydrogens is 1070 g/mol. The standard InChI is InChI=1S/C6H6Cl2N2.C6H10N4.C6H9N3O.C6H8N2O2.C4H4N2.C4H7N.C4H10.3C2H6N2.CH4.Cl3OP/c2*1-3-5(7)9-4(2)10-6(3)8;1-3-5(7)8-4(2)9-6(3)10;1-3-5(9)7-4(2)8-6(3)10;1-4(3-5)6-2;1-4(2)5-3;1-4(2)3;3*1-2(3)4;;1-5(2,3)4/h1-2H3;1-2H3,(H4,7,8,9,10);1-2H3,(H3,7,8,9,10);1-2H3,(H2,7,8,9,10);4H,1H3;4H,1-2H3;4H,1-3H3;3*1H3,(H3,3,4);1H4;. The summed E-state index contributed by atoms with van der Waals surface area (Å²) in [5, 5.41) is 33.3. The summed E-state index contributed by atoms with van der Waals surface area (Å²) in [7, 11) is 0. The number of anilines is 3. The van der Waals surface area contributed by atoms with E-state index < -0.39 is 11.2 Å². The summed E-state index contributed by atoms with van der Waals surface area (Å²) in [6.45, 7) is 42.4. The quantitative estimate of drug-likeness (QED) is 0.0256. The van der Waals surface area contributed by atoms with Gasteiger partial charge in [-0.3, -0.25) is 35.2 Å². The highest BCUT2D eigenvalue weighted by Gasteiger charge is 2.05. The molecule has 73 heavy (non-hydrogen) atoms. The monoisotopic (exact) mass is 1140 g/mol. The highest BCUT2D eigenvalue weighted by atomic mass is 36.0. The third-order valence-electron chi connectivity index (χ3n) is 5.66. The molecule has 0 aliphatic carbocycles. The van der Waals surface area contributed by atoms with Crippen molar-refractivity contribution in [2.24, 2.45) is 23.1 Å². The number of nitrogens with one attached hydrogen (secondary N) is 5. The summed E-state index contributed by atoms with van der Waals surface area (Å²) in [4.78, 5) is 55.8. The van der Waals surface area contributed by atoms with Crippen LogP contribution >= 0.6 is 62.1 Å². The first-order valence-electron chi connectivity index (χ1n) is 20.3. The van der Waals surface area contributed by atoms with Gasteiger partial charge < -0.3 is 54.3 Å². The first kappa shape index (κ1) is 83.5. The van der Waals surface area contributed by atoms with Crippen LogP contribution in [-0.4, -0.2) is 74.6 Å². The van der Waals surface area contributed by atoms with Crippen molar-refractivity contribution >= 4 is 97.1 Å². The maximum Gasteiger partial charge on any atom is 0.339 e. The summed E-state index contributed by atoms with van der Waals surface area (Å²) in [6, 6.07) is 1.47. The van der Waals surface area contributed by atoms with E-state index in [0.717, 1.165) is 17.0 Å². The van der Waals surface area contributed by atoms with Crippen molar-refractivity contribution in [3.05, 3.63) is 99.4 Å².